The molecule has 0 unspecified atom stereocenters. The molecule has 7 nitrogen and oxygen atoms in total. The molecule has 0 atom stereocenters. The molecule has 0 aliphatic rings. The monoisotopic (exact) mass is 419 g/mol. The van der Waals surface area contributed by atoms with Crippen LogP contribution in [0.5, 0.6) is 0 Å². The van der Waals surface area contributed by atoms with Crippen LogP contribution in [0, 0.1) is 11.6 Å². The van der Waals surface area contributed by atoms with E-state index in [2.05, 4.69) is 15.5 Å². The Bertz CT molecular complexity index is 1110. The summed E-state index contributed by atoms with van der Waals surface area (Å²) < 4.78 is 93.2. The fourth-order valence-corrected chi connectivity index (χ4v) is 3.51. The van der Waals surface area contributed by atoms with Crippen LogP contribution in [0.2, 0.25) is 0 Å². The van der Waals surface area contributed by atoms with Gasteiger partial charge in [-0.15, -0.1) is 5.10 Å². The van der Waals surface area contributed by atoms with Gasteiger partial charge in [-0.05, 0) is 34.7 Å². The predicted molar refractivity (Wildman–Crippen MR) is 84.5 cm³/mol. The molecular formula is C15H10F5N5O2S. The van der Waals surface area contributed by atoms with E-state index in [9.17, 15) is 30.4 Å². The summed E-state index contributed by atoms with van der Waals surface area (Å²) in [5.74, 6) is -2.44. The number of rotatable bonds is 5. The highest BCUT2D eigenvalue weighted by molar-refractivity contribution is 7.89. The zero-order valence-corrected chi connectivity index (χ0v) is 14.5. The van der Waals surface area contributed by atoms with E-state index < -0.39 is 44.8 Å². The molecule has 13 heteroatoms. The Morgan fingerprint density at radius 1 is 1.04 bits per heavy atom. The van der Waals surface area contributed by atoms with E-state index in [1.807, 2.05) is 4.72 Å². The molecule has 0 saturated heterocycles. The first-order valence-corrected chi connectivity index (χ1v) is 8.96. The van der Waals surface area contributed by atoms with Crippen LogP contribution < -0.4 is 4.72 Å². The second-order valence-corrected chi connectivity index (χ2v) is 7.16. The van der Waals surface area contributed by atoms with E-state index in [1.165, 1.54) is 0 Å². The highest BCUT2D eigenvalue weighted by atomic mass is 32.2. The number of hydrogen-bond donors (Lipinski definition) is 1. The van der Waals surface area contributed by atoms with Crippen molar-refractivity contribution in [2.24, 2.45) is 0 Å². The first-order chi connectivity index (χ1) is 13.1. The summed E-state index contributed by atoms with van der Waals surface area (Å²) in [6.45, 7) is -0.597. The van der Waals surface area contributed by atoms with Crippen LogP contribution in [0.15, 0.2) is 47.4 Å². The zero-order valence-electron chi connectivity index (χ0n) is 13.7. The lowest BCUT2D eigenvalue weighted by molar-refractivity contribution is -0.139. The number of aromatic nitrogens is 4. The molecule has 0 aliphatic carbocycles. The van der Waals surface area contributed by atoms with Crippen molar-refractivity contribution >= 4 is 10.0 Å². The van der Waals surface area contributed by atoms with Crippen molar-refractivity contribution in [3.8, 4) is 5.69 Å². The third kappa shape index (κ3) is 3.99. The Kier molecular flexibility index (Phi) is 5.12. The van der Waals surface area contributed by atoms with Crippen LogP contribution in [0.25, 0.3) is 5.69 Å². The van der Waals surface area contributed by atoms with Crippen molar-refractivity contribution in [1.29, 1.82) is 0 Å². The molecule has 0 aliphatic heterocycles. The van der Waals surface area contributed by atoms with E-state index in [0.29, 0.717) is 6.07 Å². The van der Waals surface area contributed by atoms with Crippen molar-refractivity contribution in [3.05, 3.63) is 65.5 Å². The lowest BCUT2D eigenvalue weighted by atomic mass is 10.2. The van der Waals surface area contributed by atoms with Crippen molar-refractivity contribution in [2.75, 3.05) is 0 Å². The van der Waals surface area contributed by atoms with E-state index in [0.717, 1.165) is 41.1 Å². The molecule has 3 rings (SSSR count). The highest BCUT2D eigenvalue weighted by Crippen LogP contribution is 2.33. The van der Waals surface area contributed by atoms with Gasteiger partial charge in [-0.3, -0.25) is 0 Å². The SMILES string of the molecule is O=S(=O)(NCc1nnnn1-c1ccc(F)c(F)c1)c1ccccc1C(F)(F)F. The van der Waals surface area contributed by atoms with Crippen LogP contribution in [0.4, 0.5) is 22.0 Å². The minimum atomic E-state index is -4.88. The molecule has 3 aromatic rings. The number of halogens is 5. The van der Waals surface area contributed by atoms with Crippen LogP contribution in [0.1, 0.15) is 11.4 Å². The summed E-state index contributed by atoms with van der Waals surface area (Å²) in [6.07, 6.45) is -4.88. The fraction of sp³-hybridized carbons (Fsp3) is 0.133. The van der Waals surface area contributed by atoms with E-state index in [-0.39, 0.29) is 11.5 Å². The number of tetrazole rings is 1. The Balaban J connectivity index is 1.88. The average molecular weight is 419 g/mol. The predicted octanol–water partition coefficient (Wildman–Crippen LogP) is 2.44. The third-order valence-corrected chi connectivity index (χ3v) is 5.04. The first kappa shape index (κ1) is 19.8. The largest absolute Gasteiger partial charge is 0.417 e. The van der Waals surface area contributed by atoms with Crippen LogP contribution >= 0.6 is 0 Å². The number of hydrogen-bond acceptors (Lipinski definition) is 5. The summed E-state index contributed by atoms with van der Waals surface area (Å²) in [5.41, 5.74) is -1.34. The van der Waals surface area contributed by atoms with Crippen molar-refractivity contribution in [3.63, 3.8) is 0 Å². The molecule has 1 heterocycles. The molecular weight excluding hydrogens is 409 g/mol. The van der Waals surface area contributed by atoms with Crippen LogP contribution in [-0.2, 0) is 22.7 Å². The molecule has 1 aromatic heterocycles. The van der Waals surface area contributed by atoms with Crippen molar-refractivity contribution in [1.82, 2.24) is 24.9 Å². The maximum Gasteiger partial charge on any atom is 0.417 e. The minimum absolute atomic E-state index is 0.00575. The first-order valence-electron chi connectivity index (χ1n) is 7.48. The van der Waals surface area contributed by atoms with Gasteiger partial charge in [-0.25, -0.2) is 21.9 Å². The Morgan fingerprint density at radius 2 is 1.75 bits per heavy atom. The Hall–Kier alpha value is -2.93. The van der Waals surface area contributed by atoms with Gasteiger partial charge >= 0.3 is 6.18 Å². The maximum absolute atomic E-state index is 13.4. The zero-order chi connectivity index (χ0) is 20.5. The number of alkyl halides is 3. The minimum Gasteiger partial charge on any atom is -0.207 e. The number of nitrogens with one attached hydrogen (secondary N) is 1. The van der Waals surface area contributed by atoms with Gasteiger partial charge in [0.15, 0.2) is 17.5 Å². The standard InChI is InChI=1S/C15H10F5N5O2S/c16-11-6-5-9(7-12(11)17)25-14(22-23-24-25)8-21-28(26,27)13-4-2-1-3-10(13)15(18,19)20/h1-7,21H,8H2. The Labute approximate surface area is 154 Å². The fourth-order valence-electron chi connectivity index (χ4n) is 2.31. The topological polar surface area (TPSA) is 89.8 Å². The van der Waals surface area contributed by atoms with Gasteiger partial charge in [-0.2, -0.15) is 17.9 Å². The Morgan fingerprint density at radius 3 is 2.43 bits per heavy atom. The van der Waals surface area contributed by atoms with E-state index >= 15 is 0 Å². The maximum atomic E-state index is 13.4. The molecule has 0 amide bonds. The second kappa shape index (κ2) is 7.24. The highest BCUT2D eigenvalue weighted by Gasteiger charge is 2.36. The van der Waals surface area contributed by atoms with E-state index in [1.54, 1.807) is 0 Å². The molecule has 148 valence electrons. The van der Waals surface area contributed by atoms with Crippen molar-refractivity contribution in [2.45, 2.75) is 17.6 Å². The van der Waals surface area contributed by atoms with Crippen LogP contribution in [0.3, 0.4) is 0 Å². The molecule has 0 saturated carbocycles. The third-order valence-electron chi connectivity index (χ3n) is 3.58. The summed E-state index contributed by atoms with van der Waals surface area (Å²) in [5, 5.41) is 10.4. The van der Waals surface area contributed by atoms with Gasteiger partial charge in [0.05, 0.1) is 22.7 Å². The lowest BCUT2D eigenvalue weighted by Crippen LogP contribution is -2.27. The lowest BCUT2D eigenvalue weighted by Gasteiger charge is -2.13. The van der Waals surface area contributed by atoms with Crippen molar-refractivity contribution < 1.29 is 30.4 Å². The summed E-state index contributed by atoms with van der Waals surface area (Å²) >= 11 is 0. The smallest absolute Gasteiger partial charge is 0.207 e. The number of nitrogens with zero attached hydrogens (tertiary/aromatic N) is 4. The van der Waals surface area contributed by atoms with Gasteiger partial charge in [0.2, 0.25) is 10.0 Å². The molecule has 0 spiro atoms. The normalized spacial score (nSPS) is 12.3. The molecule has 0 fully saturated rings. The van der Waals surface area contributed by atoms with Gasteiger partial charge in [0.1, 0.15) is 0 Å². The van der Waals surface area contributed by atoms with Crippen LogP contribution in [-0.4, -0.2) is 28.6 Å². The quantitative estimate of drug-likeness (QED) is 0.642. The molecule has 0 radical (unpaired) electrons. The van der Waals surface area contributed by atoms with Gasteiger partial charge in [-0.1, -0.05) is 12.1 Å². The van der Waals surface area contributed by atoms with Gasteiger partial charge in [0.25, 0.3) is 0 Å². The van der Waals surface area contributed by atoms with Gasteiger partial charge in [0, 0.05) is 6.07 Å². The van der Waals surface area contributed by atoms with Gasteiger partial charge < -0.3 is 0 Å². The molecule has 28 heavy (non-hydrogen) atoms. The summed E-state index contributed by atoms with van der Waals surface area (Å²) in [6, 6.07) is 6.40. The second-order valence-electron chi connectivity index (χ2n) is 5.42. The number of sulfonamides is 1. The molecule has 2 aromatic carbocycles. The summed E-state index contributed by atoms with van der Waals surface area (Å²) in [4.78, 5) is -0.964. The average Bonchev–Trinajstić information content (AvgIpc) is 3.10. The number of benzene rings is 2. The molecule has 1 N–H and O–H groups in total. The van der Waals surface area contributed by atoms with E-state index in [4.69, 9.17) is 0 Å². The summed E-state index contributed by atoms with van der Waals surface area (Å²) in [7, 11) is -4.58. The molecule has 0 bridgehead atoms.